The van der Waals surface area contributed by atoms with Gasteiger partial charge in [-0.2, -0.15) is 0 Å². The number of anilines is 2. The molecule has 0 saturated heterocycles. The maximum Gasteiger partial charge on any atom is 0.256 e. The fourth-order valence-electron chi connectivity index (χ4n) is 3.36. The summed E-state index contributed by atoms with van der Waals surface area (Å²) in [7, 11) is 1.91. The number of carbonyl (C=O) groups is 1. The average Bonchev–Trinajstić information content (AvgIpc) is 2.83. The Labute approximate surface area is 182 Å². The van der Waals surface area contributed by atoms with Crippen LogP contribution in [0.2, 0.25) is 0 Å². The van der Waals surface area contributed by atoms with Crippen LogP contribution < -0.4 is 10.2 Å². The third-order valence-corrected chi connectivity index (χ3v) is 5.05. The molecule has 0 fully saturated rings. The Morgan fingerprint density at radius 1 is 0.935 bits per heavy atom. The van der Waals surface area contributed by atoms with E-state index >= 15 is 0 Å². The Hall–Kier alpha value is -3.99. The number of aryl methyl sites for hydroxylation is 1. The van der Waals surface area contributed by atoms with E-state index in [0.29, 0.717) is 23.8 Å². The van der Waals surface area contributed by atoms with Crippen LogP contribution >= 0.6 is 0 Å². The second-order valence-electron chi connectivity index (χ2n) is 7.36. The molecule has 0 bridgehead atoms. The molecular weight excluding hydrogens is 384 g/mol. The zero-order valence-corrected chi connectivity index (χ0v) is 17.6. The molecule has 3 aromatic carbocycles. The summed E-state index contributed by atoms with van der Waals surface area (Å²) in [5.41, 5.74) is 4.45. The highest BCUT2D eigenvalue weighted by Crippen LogP contribution is 2.27. The number of carbonyl (C=O) groups excluding carboxylic acids is 1. The second kappa shape index (κ2) is 9.22. The molecule has 0 radical (unpaired) electrons. The van der Waals surface area contributed by atoms with Crippen LogP contribution in [0, 0.1) is 6.92 Å². The van der Waals surface area contributed by atoms with E-state index in [-0.39, 0.29) is 5.91 Å². The number of amides is 1. The Balaban J connectivity index is 1.70. The van der Waals surface area contributed by atoms with Gasteiger partial charge >= 0.3 is 0 Å². The molecule has 1 amide bonds. The van der Waals surface area contributed by atoms with E-state index in [1.54, 1.807) is 6.20 Å². The van der Waals surface area contributed by atoms with Gasteiger partial charge in [0.05, 0.1) is 0 Å². The van der Waals surface area contributed by atoms with E-state index in [2.05, 4.69) is 10.3 Å². The molecule has 0 saturated carbocycles. The predicted molar refractivity (Wildman–Crippen MR) is 124 cm³/mol. The number of nitrogens with one attached hydrogen (secondary N) is 1. The number of aromatic nitrogens is 2. The molecule has 154 valence electrons. The topological polar surface area (TPSA) is 58.1 Å². The number of hydrogen-bond donors (Lipinski definition) is 1. The highest BCUT2D eigenvalue weighted by Gasteiger charge is 2.19. The molecule has 0 atom stereocenters. The fraction of sp³-hybridized carbons (Fsp3) is 0.115. The van der Waals surface area contributed by atoms with E-state index in [1.165, 1.54) is 0 Å². The summed E-state index contributed by atoms with van der Waals surface area (Å²) < 4.78 is 0. The van der Waals surface area contributed by atoms with Crippen LogP contribution in [-0.2, 0) is 6.54 Å². The first-order valence-corrected chi connectivity index (χ1v) is 10.2. The molecule has 0 aliphatic carbocycles. The van der Waals surface area contributed by atoms with Gasteiger partial charge in [-0.15, -0.1) is 0 Å². The normalized spacial score (nSPS) is 10.5. The molecule has 1 N–H and O–H groups in total. The van der Waals surface area contributed by atoms with Crippen molar-refractivity contribution in [1.29, 1.82) is 0 Å². The van der Waals surface area contributed by atoms with Crippen LogP contribution in [-0.4, -0.2) is 22.9 Å². The van der Waals surface area contributed by atoms with Gasteiger partial charge in [0, 0.05) is 31.0 Å². The van der Waals surface area contributed by atoms with Crippen LogP contribution in [0.25, 0.3) is 11.4 Å². The minimum Gasteiger partial charge on any atom is -0.348 e. The van der Waals surface area contributed by atoms with Gasteiger partial charge in [0.25, 0.3) is 5.91 Å². The van der Waals surface area contributed by atoms with E-state index in [1.807, 2.05) is 104 Å². The van der Waals surface area contributed by atoms with Crippen molar-refractivity contribution in [3.63, 3.8) is 0 Å². The molecule has 1 heterocycles. The first kappa shape index (κ1) is 20.3. The van der Waals surface area contributed by atoms with Gasteiger partial charge in [-0.25, -0.2) is 9.97 Å². The third-order valence-electron chi connectivity index (χ3n) is 5.05. The first-order valence-electron chi connectivity index (χ1n) is 10.2. The van der Waals surface area contributed by atoms with Gasteiger partial charge in [-0.3, -0.25) is 4.79 Å². The third kappa shape index (κ3) is 4.78. The second-order valence-corrected chi connectivity index (χ2v) is 7.36. The van der Waals surface area contributed by atoms with Crippen molar-refractivity contribution in [2.75, 3.05) is 11.9 Å². The number of nitrogens with zero attached hydrogens (tertiary/aromatic N) is 3. The minimum atomic E-state index is -0.211. The van der Waals surface area contributed by atoms with Gasteiger partial charge in [0.15, 0.2) is 5.82 Å². The lowest BCUT2D eigenvalue weighted by molar-refractivity contribution is 0.0951. The van der Waals surface area contributed by atoms with Gasteiger partial charge in [0.2, 0.25) is 0 Å². The smallest absolute Gasteiger partial charge is 0.256 e. The minimum absolute atomic E-state index is 0.211. The van der Waals surface area contributed by atoms with Gasteiger partial charge in [0.1, 0.15) is 11.4 Å². The Morgan fingerprint density at radius 3 is 2.35 bits per heavy atom. The van der Waals surface area contributed by atoms with Gasteiger partial charge in [-0.05, 0) is 30.7 Å². The van der Waals surface area contributed by atoms with Crippen LogP contribution in [0.5, 0.6) is 0 Å². The quantitative estimate of drug-likeness (QED) is 0.479. The van der Waals surface area contributed by atoms with Crippen molar-refractivity contribution in [2.24, 2.45) is 0 Å². The zero-order chi connectivity index (χ0) is 21.6. The molecule has 0 aliphatic heterocycles. The molecule has 4 aromatic rings. The summed E-state index contributed by atoms with van der Waals surface area (Å²) in [4.78, 5) is 24.3. The lowest BCUT2D eigenvalue weighted by atomic mass is 10.1. The Kier molecular flexibility index (Phi) is 6.03. The van der Waals surface area contributed by atoms with Crippen LogP contribution in [0.1, 0.15) is 21.5 Å². The lowest BCUT2D eigenvalue weighted by Gasteiger charge is -2.21. The van der Waals surface area contributed by atoms with Crippen molar-refractivity contribution in [3.05, 3.63) is 108 Å². The van der Waals surface area contributed by atoms with E-state index in [9.17, 15) is 4.79 Å². The predicted octanol–water partition coefficient (Wildman–Crippen LogP) is 5.15. The highest BCUT2D eigenvalue weighted by molar-refractivity contribution is 5.99. The maximum absolute atomic E-state index is 13.1. The standard InChI is InChI=1S/C26H24N4O/c1-19-10-9-13-21(16-19)24-27-18-23(26(31)28-17-20-11-5-3-6-12-20)25(29-24)30(2)22-14-7-4-8-15-22/h3-16,18H,17H2,1-2H3,(H,28,31). The van der Waals surface area contributed by atoms with Crippen LogP contribution in [0.4, 0.5) is 11.5 Å². The summed E-state index contributed by atoms with van der Waals surface area (Å²) in [5, 5.41) is 2.98. The Bertz CT molecular complexity index is 1180. The molecule has 0 unspecified atom stereocenters. The van der Waals surface area contributed by atoms with Crippen molar-refractivity contribution < 1.29 is 4.79 Å². The SMILES string of the molecule is Cc1cccc(-c2ncc(C(=O)NCc3ccccc3)c(N(C)c3ccccc3)n2)c1. The molecule has 5 heteroatoms. The van der Waals surface area contributed by atoms with Crippen molar-refractivity contribution in [1.82, 2.24) is 15.3 Å². The zero-order valence-electron chi connectivity index (χ0n) is 17.6. The highest BCUT2D eigenvalue weighted by atomic mass is 16.1. The molecule has 0 aliphatic rings. The van der Waals surface area contributed by atoms with Gasteiger partial charge in [-0.1, -0.05) is 72.3 Å². The van der Waals surface area contributed by atoms with Crippen LogP contribution in [0.3, 0.4) is 0 Å². The summed E-state index contributed by atoms with van der Waals surface area (Å²) in [6, 6.07) is 27.7. The molecule has 31 heavy (non-hydrogen) atoms. The number of rotatable bonds is 6. The summed E-state index contributed by atoms with van der Waals surface area (Å²) in [6.07, 6.45) is 1.61. The van der Waals surface area contributed by atoms with Crippen molar-refractivity contribution in [2.45, 2.75) is 13.5 Å². The lowest BCUT2D eigenvalue weighted by Crippen LogP contribution is -2.26. The first-order chi connectivity index (χ1) is 15.1. The molecule has 1 aromatic heterocycles. The summed E-state index contributed by atoms with van der Waals surface area (Å²) in [5.74, 6) is 0.932. The van der Waals surface area contributed by atoms with Gasteiger partial charge < -0.3 is 10.2 Å². The van der Waals surface area contributed by atoms with Crippen molar-refractivity contribution in [3.8, 4) is 11.4 Å². The summed E-state index contributed by atoms with van der Waals surface area (Å²) in [6.45, 7) is 2.47. The molecule has 4 rings (SSSR count). The van der Waals surface area contributed by atoms with Crippen molar-refractivity contribution >= 4 is 17.4 Å². The molecule has 0 spiro atoms. The van der Waals surface area contributed by atoms with Crippen LogP contribution in [0.15, 0.2) is 91.1 Å². The maximum atomic E-state index is 13.1. The van der Waals surface area contributed by atoms with E-state index in [0.717, 1.165) is 22.4 Å². The summed E-state index contributed by atoms with van der Waals surface area (Å²) >= 11 is 0. The van der Waals surface area contributed by atoms with E-state index in [4.69, 9.17) is 4.98 Å². The largest absolute Gasteiger partial charge is 0.348 e. The average molecular weight is 409 g/mol. The molecular formula is C26H24N4O. The monoisotopic (exact) mass is 408 g/mol. The molecule has 5 nitrogen and oxygen atoms in total. The number of hydrogen-bond acceptors (Lipinski definition) is 4. The van der Waals surface area contributed by atoms with E-state index < -0.39 is 0 Å². The number of benzene rings is 3. The number of para-hydroxylation sites is 1. The fourth-order valence-corrected chi connectivity index (χ4v) is 3.36. The Morgan fingerprint density at radius 2 is 1.65 bits per heavy atom.